The molecule has 0 saturated carbocycles. The van der Waals surface area contributed by atoms with E-state index in [0.717, 1.165) is 33.4 Å². The van der Waals surface area contributed by atoms with E-state index in [9.17, 15) is 0 Å². The second-order valence-electron chi connectivity index (χ2n) is 8.61. The number of nitrogens with zero attached hydrogens (tertiary/aromatic N) is 4. The first-order valence-electron chi connectivity index (χ1n) is 9.86. The number of ether oxygens (including phenoxy) is 1. The van der Waals surface area contributed by atoms with E-state index < -0.39 is 0 Å². The molecular formula is C21H28N4OS2. The van der Waals surface area contributed by atoms with Gasteiger partial charge in [-0.3, -0.25) is 0 Å². The van der Waals surface area contributed by atoms with Crippen LogP contribution >= 0.6 is 23.1 Å². The van der Waals surface area contributed by atoms with Gasteiger partial charge in [0.25, 0.3) is 5.95 Å². The standard InChI is InChI=1S/C21H28N4OS2/c1-12(2)7-8-27-18-17-15-10-21(5,6)26-11-16(15)28-19(17)23-20(22-18)25-14(4)9-13(3)24-25/h9,12H,7-8,10-11H2,1-6H3. The summed E-state index contributed by atoms with van der Waals surface area (Å²) < 4.78 is 7.91. The molecule has 28 heavy (non-hydrogen) atoms. The van der Waals surface area contributed by atoms with Crippen LogP contribution in [-0.2, 0) is 17.8 Å². The maximum atomic E-state index is 6.05. The lowest BCUT2D eigenvalue weighted by Crippen LogP contribution is -2.31. The molecule has 0 radical (unpaired) electrons. The zero-order chi connectivity index (χ0) is 20.1. The summed E-state index contributed by atoms with van der Waals surface area (Å²) in [6.45, 7) is 13.6. The smallest absolute Gasteiger partial charge is 0.253 e. The quantitative estimate of drug-likeness (QED) is 0.407. The zero-order valence-electron chi connectivity index (χ0n) is 17.5. The average Bonchev–Trinajstić information content (AvgIpc) is 3.12. The summed E-state index contributed by atoms with van der Waals surface area (Å²) in [5.74, 6) is 2.41. The van der Waals surface area contributed by atoms with Crippen molar-refractivity contribution in [2.45, 2.75) is 71.6 Å². The van der Waals surface area contributed by atoms with Gasteiger partial charge in [0.15, 0.2) is 0 Å². The summed E-state index contributed by atoms with van der Waals surface area (Å²) in [6, 6.07) is 2.06. The first-order chi connectivity index (χ1) is 13.2. The topological polar surface area (TPSA) is 52.8 Å². The van der Waals surface area contributed by atoms with Crippen molar-refractivity contribution < 1.29 is 4.74 Å². The molecule has 0 unspecified atom stereocenters. The molecule has 0 aromatic carbocycles. The van der Waals surface area contributed by atoms with Crippen LogP contribution in [0.3, 0.4) is 0 Å². The predicted molar refractivity (Wildman–Crippen MR) is 117 cm³/mol. The minimum atomic E-state index is -0.144. The molecule has 4 heterocycles. The van der Waals surface area contributed by atoms with Crippen LogP contribution in [0.5, 0.6) is 0 Å². The van der Waals surface area contributed by atoms with Crippen molar-refractivity contribution >= 4 is 33.3 Å². The highest BCUT2D eigenvalue weighted by Crippen LogP contribution is 2.42. The molecule has 0 amide bonds. The number of hydrogen-bond donors (Lipinski definition) is 0. The van der Waals surface area contributed by atoms with Gasteiger partial charge in [0.2, 0.25) is 0 Å². The lowest BCUT2D eigenvalue weighted by molar-refractivity contribution is -0.0379. The summed E-state index contributed by atoms with van der Waals surface area (Å²) in [6.07, 6.45) is 2.08. The van der Waals surface area contributed by atoms with Crippen LogP contribution in [0.15, 0.2) is 11.1 Å². The molecule has 4 rings (SSSR count). The van der Waals surface area contributed by atoms with Crippen LogP contribution in [0.25, 0.3) is 16.2 Å². The molecule has 0 N–H and O–H groups in total. The van der Waals surface area contributed by atoms with E-state index >= 15 is 0 Å². The van der Waals surface area contributed by atoms with E-state index in [-0.39, 0.29) is 5.60 Å². The summed E-state index contributed by atoms with van der Waals surface area (Å²) in [5.41, 5.74) is 3.27. The third-order valence-electron chi connectivity index (χ3n) is 5.02. The van der Waals surface area contributed by atoms with Gasteiger partial charge in [-0.25, -0.2) is 9.67 Å². The van der Waals surface area contributed by atoms with Gasteiger partial charge in [-0.15, -0.1) is 23.1 Å². The Morgan fingerprint density at radius 1 is 1.29 bits per heavy atom. The van der Waals surface area contributed by atoms with E-state index in [1.165, 1.54) is 22.2 Å². The lowest BCUT2D eigenvalue weighted by Gasteiger charge is -2.30. The van der Waals surface area contributed by atoms with Gasteiger partial charge in [0.05, 0.1) is 17.9 Å². The first kappa shape index (κ1) is 19.9. The van der Waals surface area contributed by atoms with Gasteiger partial charge in [0, 0.05) is 22.4 Å². The number of fused-ring (bicyclic) bond motifs is 3. The van der Waals surface area contributed by atoms with Gasteiger partial charge >= 0.3 is 0 Å². The molecule has 1 aliphatic heterocycles. The molecule has 7 heteroatoms. The summed E-state index contributed by atoms with van der Waals surface area (Å²) in [4.78, 5) is 12.2. The predicted octanol–water partition coefficient (Wildman–Crippen LogP) is 5.48. The van der Waals surface area contributed by atoms with E-state index in [1.54, 1.807) is 11.3 Å². The molecule has 0 spiro atoms. The molecule has 3 aromatic rings. The van der Waals surface area contributed by atoms with Crippen LogP contribution in [0, 0.1) is 19.8 Å². The first-order valence-corrected chi connectivity index (χ1v) is 11.7. The molecular weight excluding hydrogens is 388 g/mol. The molecule has 0 saturated heterocycles. The Bertz CT molecular complexity index is 1020. The zero-order valence-corrected chi connectivity index (χ0v) is 19.1. The lowest BCUT2D eigenvalue weighted by atomic mass is 9.95. The van der Waals surface area contributed by atoms with E-state index in [1.807, 2.05) is 23.4 Å². The minimum absolute atomic E-state index is 0.144. The fourth-order valence-electron chi connectivity index (χ4n) is 3.52. The third-order valence-corrected chi connectivity index (χ3v) is 7.13. The molecule has 3 aromatic heterocycles. The van der Waals surface area contributed by atoms with Crippen LogP contribution in [0.4, 0.5) is 0 Å². The number of thiophene rings is 1. The maximum absolute atomic E-state index is 6.05. The van der Waals surface area contributed by atoms with Crippen LogP contribution < -0.4 is 0 Å². The Morgan fingerprint density at radius 3 is 2.75 bits per heavy atom. The Labute approximate surface area is 174 Å². The SMILES string of the molecule is Cc1cc(C)n(-c2nc(SCCC(C)C)c3c4c(sc3n2)COC(C)(C)C4)n1. The van der Waals surface area contributed by atoms with Gasteiger partial charge in [-0.05, 0) is 57.4 Å². The van der Waals surface area contributed by atoms with Gasteiger partial charge in [0.1, 0.15) is 9.86 Å². The number of aromatic nitrogens is 4. The molecule has 0 atom stereocenters. The molecule has 5 nitrogen and oxygen atoms in total. The second kappa shape index (κ2) is 7.43. The van der Waals surface area contributed by atoms with E-state index in [2.05, 4.69) is 45.8 Å². The van der Waals surface area contributed by atoms with Crippen molar-refractivity contribution in [2.75, 3.05) is 5.75 Å². The van der Waals surface area contributed by atoms with E-state index in [4.69, 9.17) is 14.7 Å². The Balaban J connectivity index is 1.85. The van der Waals surface area contributed by atoms with Gasteiger partial charge in [-0.1, -0.05) is 13.8 Å². The Hall–Kier alpha value is -1.44. The number of rotatable bonds is 5. The van der Waals surface area contributed by atoms with Crippen LogP contribution in [0.2, 0.25) is 0 Å². The highest BCUT2D eigenvalue weighted by atomic mass is 32.2. The van der Waals surface area contributed by atoms with Crippen molar-refractivity contribution in [2.24, 2.45) is 5.92 Å². The van der Waals surface area contributed by atoms with Crippen molar-refractivity contribution in [3.63, 3.8) is 0 Å². The van der Waals surface area contributed by atoms with Crippen LogP contribution in [0.1, 0.15) is 55.9 Å². The normalized spacial score (nSPS) is 16.1. The monoisotopic (exact) mass is 416 g/mol. The minimum Gasteiger partial charge on any atom is -0.370 e. The second-order valence-corrected chi connectivity index (χ2v) is 10.8. The Kier molecular flexibility index (Phi) is 5.27. The molecule has 0 bridgehead atoms. The number of thioether (sulfide) groups is 1. The summed E-state index contributed by atoms with van der Waals surface area (Å²) in [5, 5.41) is 6.92. The largest absolute Gasteiger partial charge is 0.370 e. The van der Waals surface area contributed by atoms with Crippen molar-refractivity contribution in [1.82, 2.24) is 19.7 Å². The van der Waals surface area contributed by atoms with Gasteiger partial charge in [-0.2, -0.15) is 10.1 Å². The average molecular weight is 417 g/mol. The number of aryl methyl sites for hydroxylation is 2. The maximum Gasteiger partial charge on any atom is 0.253 e. The molecule has 0 fully saturated rings. The number of hydrogen-bond acceptors (Lipinski definition) is 6. The van der Waals surface area contributed by atoms with Crippen molar-refractivity contribution in [3.8, 4) is 5.95 Å². The molecule has 1 aliphatic rings. The molecule has 0 aliphatic carbocycles. The fourth-order valence-corrected chi connectivity index (χ4v) is 5.98. The highest BCUT2D eigenvalue weighted by Gasteiger charge is 2.31. The highest BCUT2D eigenvalue weighted by molar-refractivity contribution is 7.99. The van der Waals surface area contributed by atoms with Crippen molar-refractivity contribution in [3.05, 3.63) is 27.9 Å². The third kappa shape index (κ3) is 3.84. The summed E-state index contributed by atoms with van der Waals surface area (Å²) >= 11 is 3.60. The van der Waals surface area contributed by atoms with Crippen molar-refractivity contribution in [1.29, 1.82) is 0 Å². The fraction of sp³-hybridized carbons (Fsp3) is 0.571. The van der Waals surface area contributed by atoms with Gasteiger partial charge < -0.3 is 4.74 Å². The summed E-state index contributed by atoms with van der Waals surface area (Å²) in [7, 11) is 0. The molecule has 150 valence electrons. The Morgan fingerprint density at radius 2 is 2.07 bits per heavy atom. The van der Waals surface area contributed by atoms with E-state index in [0.29, 0.717) is 18.5 Å². The van der Waals surface area contributed by atoms with Crippen LogP contribution in [-0.4, -0.2) is 31.1 Å².